The molecule has 1 heterocycles. The lowest BCUT2D eigenvalue weighted by molar-refractivity contribution is -0.126. The van der Waals surface area contributed by atoms with Crippen molar-refractivity contribution in [3.8, 4) is 0 Å². The largest absolute Gasteiger partial charge is 0.489 e. The van der Waals surface area contributed by atoms with Crippen molar-refractivity contribution < 1.29 is 23.9 Å². The molecule has 2 aliphatic rings. The number of likely N-dealkylation sites (tertiary alicyclic amines) is 1. The van der Waals surface area contributed by atoms with Gasteiger partial charge in [0, 0.05) is 36.7 Å². The number of carbonyl (C=O) groups is 3. The van der Waals surface area contributed by atoms with Crippen molar-refractivity contribution in [2.45, 2.75) is 32.6 Å². The van der Waals surface area contributed by atoms with Crippen LogP contribution in [0.1, 0.15) is 37.3 Å². The first-order valence-corrected chi connectivity index (χ1v) is 10.1. The topological polar surface area (TPSA) is 72.9 Å². The van der Waals surface area contributed by atoms with E-state index in [2.05, 4.69) is 0 Å². The highest BCUT2D eigenvalue weighted by Gasteiger charge is 2.34. The number of piperidine rings is 1. The molecule has 0 radical (unpaired) electrons. The van der Waals surface area contributed by atoms with E-state index in [0.717, 1.165) is 37.1 Å². The van der Waals surface area contributed by atoms with Crippen LogP contribution in [0.4, 0.5) is 0 Å². The zero-order valence-corrected chi connectivity index (χ0v) is 17.7. The van der Waals surface area contributed by atoms with E-state index in [9.17, 15) is 14.4 Å². The van der Waals surface area contributed by atoms with Gasteiger partial charge in [-0.2, -0.15) is 0 Å². The average Bonchev–Trinajstić information content (AvgIpc) is 2.78. The highest BCUT2D eigenvalue weighted by atomic mass is 16.5. The Bertz CT molecular complexity index is 931. The third-order valence-corrected chi connectivity index (χ3v) is 5.54. The normalized spacial score (nSPS) is 17.8. The fourth-order valence-electron chi connectivity index (χ4n) is 3.74. The summed E-state index contributed by atoms with van der Waals surface area (Å²) < 4.78 is 10.2. The molecule has 1 aliphatic carbocycles. The highest BCUT2D eigenvalue weighted by Crippen LogP contribution is 2.28. The van der Waals surface area contributed by atoms with E-state index in [4.69, 9.17) is 9.47 Å². The Morgan fingerprint density at radius 3 is 2.17 bits per heavy atom. The summed E-state index contributed by atoms with van der Waals surface area (Å²) in [5.41, 5.74) is 2.57. The quantitative estimate of drug-likeness (QED) is 0.533. The van der Waals surface area contributed by atoms with Crippen LogP contribution in [0.15, 0.2) is 53.0 Å². The van der Waals surface area contributed by atoms with Gasteiger partial charge in [0.25, 0.3) is 0 Å². The van der Waals surface area contributed by atoms with Crippen LogP contribution in [0.5, 0.6) is 0 Å². The van der Waals surface area contributed by atoms with Crippen molar-refractivity contribution in [3.63, 3.8) is 0 Å². The zero-order chi connectivity index (χ0) is 21.7. The van der Waals surface area contributed by atoms with E-state index >= 15 is 0 Å². The van der Waals surface area contributed by atoms with Gasteiger partial charge in [-0.05, 0) is 43.4 Å². The zero-order valence-electron chi connectivity index (χ0n) is 17.7. The predicted molar refractivity (Wildman–Crippen MR) is 113 cm³/mol. The summed E-state index contributed by atoms with van der Waals surface area (Å²) in [6.07, 6.45) is 7.05. The molecule has 30 heavy (non-hydrogen) atoms. The number of ether oxygens (including phenoxy) is 2. The Morgan fingerprint density at radius 1 is 0.967 bits per heavy atom. The number of carbonyl (C=O) groups excluding carboxylic acids is 3. The van der Waals surface area contributed by atoms with Gasteiger partial charge in [-0.15, -0.1) is 0 Å². The van der Waals surface area contributed by atoms with Crippen LogP contribution >= 0.6 is 0 Å². The number of rotatable bonds is 6. The first-order chi connectivity index (χ1) is 14.5. The molecule has 1 amide bonds. The van der Waals surface area contributed by atoms with Crippen LogP contribution in [0.2, 0.25) is 0 Å². The fraction of sp³-hybridized carbons (Fsp3) is 0.375. The Kier molecular flexibility index (Phi) is 6.87. The lowest BCUT2D eigenvalue weighted by Gasteiger charge is -2.25. The molecular weight excluding hydrogens is 382 g/mol. The van der Waals surface area contributed by atoms with Gasteiger partial charge >= 0.3 is 0 Å². The van der Waals surface area contributed by atoms with Gasteiger partial charge in [0.15, 0.2) is 0 Å². The van der Waals surface area contributed by atoms with Crippen LogP contribution in [-0.4, -0.2) is 49.7 Å². The summed E-state index contributed by atoms with van der Waals surface area (Å²) in [6, 6.07) is 7.58. The number of Topliss-reactive ketones (excluding diaryl/α,β-unsaturated/α-hetero) is 2. The third kappa shape index (κ3) is 4.53. The van der Waals surface area contributed by atoms with Crippen LogP contribution in [-0.2, 0) is 30.3 Å². The molecule has 158 valence electrons. The molecule has 0 spiro atoms. The predicted octanol–water partition coefficient (Wildman–Crippen LogP) is 3.23. The molecule has 1 aromatic carbocycles. The van der Waals surface area contributed by atoms with Crippen molar-refractivity contribution in [2.24, 2.45) is 0 Å². The smallest absolute Gasteiger partial charge is 0.246 e. The number of hydrogen-bond donors (Lipinski definition) is 0. The molecule has 1 aliphatic heterocycles. The van der Waals surface area contributed by atoms with E-state index in [1.807, 2.05) is 29.2 Å². The second kappa shape index (κ2) is 9.57. The molecule has 1 saturated heterocycles. The first kappa shape index (κ1) is 21.6. The maximum Gasteiger partial charge on any atom is 0.246 e. The van der Waals surface area contributed by atoms with Gasteiger partial charge in [-0.3, -0.25) is 14.4 Å². The highest BCUT2D eigenvalue weighted by molar-refractivity contribution is 6.23. The van der Waals surface area contributed by atoms with Gasteiger partial charge in [0.2, 0.25) is 29.0 Å². The van der Waals surface area contributed by atoms with E-state index in [0.29, 0.717) is 17.6 Å². The Labute approximate surface area is 176 Å². The second-order valence-electron chi connectivity index (χ2n) is 7.47. The number of amides is 1. The van der Waals surface area contributed by atoms with Crippen molar-refractivity contribution in [1.82, 2.24) is 4.90 Å². The molecular formula is C24H27NO5. The molecule has 6 heteroatoms. The van der Waals surface area contributed by atoms with Crippen molar-refractivity contribution in [3.05, 3.63) is 64.1 Å². The number of nitrogens with zero attached hydrogens (tertiary/aromatic N) is 1. The minimum atomic E-state index is -0.334. The van der Waals surface area contributed by atoms with Crippen LogP contribution in [0, 0.1) is 0 Å². The summed E-state index contributed by atoms with van der Waals surface area (Å²) in [7, 11) is 2.70. The molecule has 0 bridgehead atoms. The Balaban J connectivity index is 1.70. The number of hydrogen-bond acceptors (Lipinski definition) is 5. The van der Waals surface area contributed by atoms with Crippen LogP contribution < -0.4 is 0 Å². The summed E-state index contributed by atoms with van der Waals surface area (Å²) >= 11 is 0. The van der Waals surface area contributed by atoms with Gasteiger partial charge in [-0.1, -0.05) is 24.3 Å². The second-order valence-corrected chi connectivity index (χ2v) is 7.47. The standard InChI is InChI=1S/C24H27NO5/c1-16-19(22(28)24(30-3)23(29-2)21(16)27)15-18-9-7-17(8-10-18)11-12-20(26)25-13-5-4-6-14-25/h7-12H,4-6,13-15H2,1-3H3. The summed E-state index contributed by atoms with van der Waals surface area (Å²) in [5, 5.41) is 0. The lowest BCUT2D eigenvalue weighted by atomic mass is 9.88. The van der Waals surface area contributed by atoms with Gasteiger partial charge in [0.1, 0.15) is 0 Å². The van der Waals surface area contributed by atoms with Gasteiger partial charge in [-0.25, -0.2) is 0 Å². The van der Waals surface area contributed by atoms with E-state index < -0.39 is 0 Å². The minimum Gasteiger partial charge on any atom is -0.489 e. The SMILES string of the molecule is COC1=C(OC)C(=O)C(Cc2ccc(C=CC(=O)N3CCCCC3)cc2)=C(C)C1=O. The number of benzene rings is 1. The molecule has 6 nitrogen and oxygen atoms in total. The maximum absolute atomic E-state index is 12.8. The molecule has 1 fully saturated rings. The van der Waals surface area contributed by atoms with Crippen LogP contribution in [0.3, 0.4) is 0 Å². The summed E-state index contributed by atoms with van der Waals surface area (Å²) in [5.74, 6) is -0.734. The lowest BCUT2D eigenvalue weighted by Crippen LogP contribution is -2.34. The summed E-state index contributed by atoms with van der Waals surface area (Å²) in [4.78, 5) is 39.4. The minimum absolute atomic E-state index is 0.0405. The molecule has 0 atom stereocenters. The molecule has 0 N–H and O–H groups in total. The molecule has 3 rings (SSSR count). The molecule has 0 saturated carbocycles. The van der Waals surface area contributed by atoms with Gasteiger partial charge < -0.3 is 14.4 Å². The van der Waals surface area contributed by atoms with Crippen molar-refractivity contribution in [2.75, 3.05) is 27.3 Å². The number of methoxy groups -OCH3 is 2. The summed E-state index contributed by atoms with van der Waals surface area (Å²) in [6.45, 7) is 3.28. The van der Waals surface area contributed by atoms with Gasteiger partial charge in [0.05, 0.1) is 14.2 Å². The number of ketones is 2. The van der Waals surface area contributed by atoms with Crippen molar-refractivity contribution >= 4 is 23.5 Å². The first-order valence-electron chi connectivity index (χ1n) is 10.1. The Morgan fingerprint density at radius 2 is 1.57 bits per heavy atom. The maximum atomic E-state index is 12.8. The monoisotopic (exact) mass is 409 g/mol. The fourth-order valence-corrected chi connectivity index (χ4v) is 3.74. The van der Waals surface area contributed by atoms with E-state index in [1.165, 1.54) is 20.6 Å². The van der Waals surface area contributed by atoms with Crippen molar-refractivity contribution in [1.29, 1.82) is 0 Å². The van der Waals surface area contributed by atoms with Crippen LogP contribution in [0.25, 0.3) is 6.08 Å². The molecule has 0 unspecified atom stereocenters. The van der Waals surface area contributed by atoms with E-state index in [-0.39, 0.29) is 29.0 Å². The molecule has 0 aromatic heterocycles. The average molecular weight is 409 g/mol. The number of allylic oxidation sites excluding steroid dienone is 2. The Hall–Kier alpha value is -3.15. The van der Waals surface area contributed by atoms with E-state index in [1.54, 1.807) is 19.1 Å². The molecule has 1 aromatic rings. The third-order valence-electron chi connectivity index (χ3n) is 5.54.